The lowest BCUT2D eigenvalue weighted by Gasteiger charge is -2.09. The molecule has 0 fully saturated rings. The summed E-state index contributed by atoms with van der Waals surface area (Å²) in [6.07, 6.45) is 3.17. The van der Waals surface area contributed by atoms with Crippen LogP contribution in [0.2, 0.25) is 10.0 Å². The maximum Gasteiger partial charge on any atom is 0.258 e. The van der Waals surface area contributed by atoms with Crippen LogP contribution in [0.3, 0.4) is 0 Å². The van der Waals surface area contributed by atoms with Gasteiger partial charge in [0.05, 0.1) is 11.6 Å². The van der Waals surface area contributed by atoms with Crippen LogP contribution in [0, 0.1) is 0 Å². The van der Waals surface area contributed by atoms with Gasteiger partial charge in [0.25, 0.3) is 5.91 Å². The molecule has 0 spiro atoms. The predicted molar refractivity (Wildman–Crippen MR) is 99.4 cm³/mol. The number of halogens is 2. The molecule has 0 radical (unpaired) electrons. The number of nitrogens with zero attached hydrogens (tertiary/aromatic N) is 3. The molecular formula is C18H16Cl2N4O2. The number of carbonyl (C=O) groups excluding carboxylic acids is 1. The molecule has 0 saturated carbocycles. The third-order valence-electron chi connectivity index (χ3n) is 3.58. The van der Waals surface area contributed by atoms with Crippen LogP contribution >= 0.6 is 23.2 Å². The summed E-state index contributed by atoms with van der Waals surface area (Å²) in [5, 5.41) is 7.77. The largest absolute Gasteiger partial charge is 0.482 e. The molecular weight excluding hydrogens is 375 g/mol. The predicted octanol–water partition coefficient (Wildman–Crippen LogP) is 3.33. The number of amides is 1. The summed E-state index contributed by atoms with van der Waals surface area (Å²) in [6.45, 7) is 0.931. The number of rotatable bonds is 7. The van der Waals surface area contributed by atoms with Crippen molar-refractivity contribution in [1.82, 2.24) is 20.1 Å². The monoisotopic (exact) mass is 390 g/mol. The molecule has 3 rings (SSSR count). The van der Waals surface area contributed by atoms with Gasteiger partial charge in [0.15, 0.2) is 6.61 Å². The minimum atomic E-state index is -0.243. The molecule has 26 heavy (non-hydrogen) atoms. The Balaban J connectivity index is 1.46. The Bertz CT molecular complexity index is 867. The van der Waals surface area contributed by atoms with Crippen molar-refractivity contribution in [2.24, 2.45) is 0 Å². The Morgan fingerprint density at radius 2 is 1.88 bits per heavy atom. The molecule has 1 heterocycles. The normalized spacial score (nSPS) is 10.5. The lowest BCUT2D eigenvalue weighted by atomic mass is 10.1. The second kappa shape index (κ2) is 8.69. The highest BCUT2D eigenvalue weighted by molar-refractivity contribution is 6.34. The van der Waals surface area contributed by atoms with E-state index in [0.717, 1.165) is 11.1 Å². The van der Waals surface area contributed by atoms with Crippen LogP contribution in [0.25, 0.3) is 0 Å². The maximum atomic E-state index is 11.9. The van der Waals surface area contributed by atoms with Crippen LogP contribution in [0.1, 0.15) is 11.1 Å². The van der Waals surface area contributed by atoms with Crippen molar-refractivity contribution < 1.29 is 9.53 Å². The van der Waals surface area contributed by atoms with Crippen LogP contribution in [-0.4, -0.2) is 27.3 Å². The van der Waals surface area contributed by atoms with Gasteiger partial charge in [-0.2, -0.15) is 5.10 Å². The second-order valence-electron chi connectivity index (χ2n) is 5.55. The zero-order chi connectivity index (χ0) is 18.4. The summed E-state index contributed by atoms with van der Waals surface area (Å²) in [5.41, 5.74) is 2.09. The number of aromatic nitrogens is 3. The maximum absolute atomic E-state index is 11.9. The van der Waals surface area contributed by atoms with E-state index in [0.29, 0.717) is 28.9 Å². The van der Waals surface area contributed by atoms with Crippen molar-refractivity contribution in [2.75, 3.05) is 6.61 Å². The van der Waals surface area contributed by atoms with Gasteiger partial charge in [-0.3, -0.25) is 4.79 Å². The van der Waals surface area contributed by atoms with E-state index in [2.05, 4.69) is 15.4 Å². The molecule has 2 aromatic carbocycles. The van der Waals surface area contributed by atoms with Crippen LogP contribution in [0.4, 0.5) is 0 Å². The molecule has 134 valence electrons. The van der Waals surface area contributed by atoms with E-state index < -0.39 is 0 Å². The first kappa shape index (κ1) is 18.2. The highest BCUT2D eigenvalue weighted by atomic mass is 35.5. The van der Waals surface area contributed by atoms with E-state index in [1.54, 1.807) is 29.2 Å². The molecule has 8 heteroatoms. The van der Waals surface area contributed by atoms with Gasteiger partial charge in [0.1, 0.15) is 18.4 Å². The second-order valence-corrected chi connectivity index (χ2v) is 6.39. The molecule has 3 aromatic rings. The number of hydrogen-bond donors (Lipinski definition) is 1. The van der Waals surface area contributed by atoms with E-state index in [1.165, 1.54) is 6.33 Å². The molecule has 0 aliphatic rings. The molecule has 1 N–H and O–H groups in total. The molecule has 1 aromatic heterocycles. The van der Waals surface area contributed by atoms with Crippen molar-refractivity contribution in [3.8, 4) is 5.75 Å². The molecule has 0 saturated heterocycles. The van der Waals surface area contributed by atoms with Crippen LogP contribution < -0.4 is 10.1 Å². The first-order chi connectivity index (χ1) is 12.6. The Kier molecular flexibility index (Phi) is 6.09. The average molecular weight is 391 g/mol. The molecule has 0 unspecified atom stereocenters. The first-order valence-corrected chi connectivity index (χ1v) is 8.60. The quantitative estimate of drug-likeness (QED) is 0.671. The van der Waals surface area contributed by atoms with Gasteiger partial charge >= 0.3 is 0 Å². The molecule has 0 atom stereocenters. The average Bonchev–Trinajstić information content (AvgIpc) is 3.15. The zero-order valence-corrected chi connectivity index (χ0v) is 15.2. The zero-order valence-electron chi connectivity index (χ0n) is 13.7. The summed E-state index contributed by atoms with van der Waals surface area (Å²) >= 11 is 11.9. The molecule has 0 aliphatic heterocycles. The minimum Gasteiger partial charge on any atom is -0.482 e. The van der Waals surface area contributed by atoms with Gasteiger partial charge in [-0.05, 0) is 23.3 Å². The fraction of sp³-hybridized carbons (Fsp3) is 0.167. The van der Waals surface area contributed by atoms with Crippen LogP contribution in [-0.2, 0) is 17.9 Å². The highest BCUT2D eigenvalue weighted by Crippen LogP contribution is 2.27. The highest BCUT2D eigenvalue weighted by Gasteiger charge is 2.07. The molecule has 6 nitrogen and oxygen atoms in total. The number of nitrogens with one attached hydrogen (secondary N) is 1. The number of ether oxygens (including phenoxy) is 1. The summed E-state index contributed by atoms with van der Waals surface area (Å²) in [6, 6.07) is 12.8. The van der Waals surface area contributed by atoms with Crippen LogP contribution in [0.15, 0.2) is 55.1 Å². The lowest BCUT2D eigenvalue weighted by Crippen LogP contribution is -2.28. The van der Waals surface area contributed by atoms with E-state index >= 15 is 0 Å². The fourth-order valence-electron chi connectivity index (χ4n) is 2.25. The summed E-state index contributed by atoms with van der Waals surface area (Å²) in [7, 11) is 0. The van der Waals surface area contributed by atoms with Gasteiger partial charge in [0.2, 0.25) is 0 Å². The SMILES string of the molecule is O=C(COc1cc(Cl)ccc1Cl)NCc1ccc(Cn2cncn2)cc1. The van der Waals surface area contributed by atoms with Crippen LogP contribution in [0.5, 0.6) is 5.75 Å². The summed E-state index contributed by atoms with van der Waals surface area (Å²) in [5.74, 6) is 0.138. The van der Waals surface area contributed by atoms with Gasteiger partial charge in [0, 0.05) is 17.6 Å². The third-order valence-corrected chi connectivity index (χ3v) is 4.12. The molecule has 0 bridgehead atoms. The Morgan fingerprint density at radius 3 is 2.62 bits per heavy atom. The summed E-state index contributed by atoms with van der Waals surface area (Å²) in [4.78, 5) is 15.8. The van der Waals surface area contributed by atoms with E-state index in [-0.39, 0.29) is 12.5 Å². The molecule has 1 amide bonds. The number of hydrogen-bond acceptors (Lipinski definition) is 4. The van der Waals surface area contributed by atoms with Gasteiger partial charge < -0.3 is 10.1 Å². The van der Waals surface area contributed by atoms with Gasteiger partial charge in [-0.15, -0.1) is 0 Å². The Labute approximate surface area is 160 Å². The van der Waals surface area contributed by atoms with Gasteiger partial charge in [-0.1, -0.05) is 47.5 Å². The Morgan fingerprint density at radius 1 is 1.12 bits per heavy atom. The number of carbonyl (C=O) groups is 1. The van der Waals surface area contributed by atoms with E-state index in [4.69, 9.17) is 27.9 Å². The van der Waals surface area contributed by atoms with Crippen molar-refractivity contribution >= 4 is 29.1 Å². The minimum absolute atomic E-state index is 0.134. The lowest BCUT2D eigenvalue weighted by molar-refractivity contribution is -0.123. The van der Waals surface area contributed by atoms with Crippen molar-refractivity contribution in [2.45, 2.75) is 13.1 Å². The molecule has 0 aliphatic carbocycles. The van der Waals surface area contributed by atoms with E-state index in [9.17, 15) is 4.79 Å². The van der Waals surface area contributed by atoms with E-state index in [1.807, 2.05) is 24.3 Å². The smallest absolute Gasteiger partial charge is 0.258 e. The van der Waals surface area contributed by atoms with Gasteiger partial charge in [-0.25, -0.2) is 9.67 Å². The topological polar surface area (TPSA) is 69.0 Å². The standard InChI is InChI=1S/C18H16Cl2N4O2/c19-15-5-6-16(20)17(7-15)26-10-18(25)22-8-13-1-3-14(4-2-13)9-24-12-21-11-23-24/h1-7,11-12H,8-10H2,(H,22,25). The first-order valence-electron chi connectivity index (χ1n) is 7.85. The van der Waals surface area contributed by atoms with Crippen molar-refractivity contribution in [3.05, 3.63) is 76.3 Å². The van der Waals surface area contributed by atoms with Crippen molar-refractivity contribution in [1.29, 1.82) is 0 Å². The summed E-state index contributed by atoms with van der Waals surface area (Å²) < 4.78 is 7.15. The number of benzene rings is 2. The third kappa shape index (κ3) is 5.21. The van der Waals surface area contributed by atoms with Crippen molar-refractivity contribution in [3.63, 3.8) is 0 Å². The Hall–Kier alpha value is -2.57. The fourth-order valence-corrected chi connectivity index (χ4v) is 2.58.